The predicted molar refractivity (Wildman–Crippen MR) is 101 cm³/mol. The quantitative estimate of drug-likeness (QED) is 0.658. The Kier molecular flexibility index (Phi) is 5.03. The van der Waals surface area contributed by atoms with E-state index in [1.54, 1.807) is 12.1 Å². The van der Waals surface area contributed by atoms with Crippen LogP contribution in [0.4, 0.5) is 17.5 Å². The zero-order valence-electron chi connectivity index (χ0n) is 13.6. The first kappa shape index (κ1) is 16.2. The molecule has 0 aliphatic carbocycles. The SMILES string of the molecule is C=CCNc1cc(-c2ccccc2)nc(Nc2ccccc2C#N)n1. The molecule has 0 radical (unpaired) electrons. The molecule has 0 unspecified atom stereocenters. The third kappa shape index (κ3) is 4.01. The van der Waals surface area contributed by atoms with Crippen molar-refractivity contribution < 1.29 is 0 Å². The van der Waals surface area contributed by atoms with Gasteiger partial charge < -0.3 is 10.6 Å². The van der Waals surface area contributed by atoms with E-state index in [4.69, 9.17) is 0 Å². The molecule has 0 saturated heterocycles. The smallest absolute Gasteiger partial charge is 0.229 e. The van der Waals surface area contributed by atoms with Crippen LogP contribution in [0.5, 0.6) is 0 Å². The fourth-order valence-electron chi connectivity index (χ4n) is 2.34. The standard InChI is InChI=1S/C20H17N5/c1-2-12-22-19-13-18(15-8-4-3-5-9-15)24-20(25-19)23-17-11-7-6-10-16(17)14-21/h2-11,13H,1,12H2,(H2,22,23,24,25). The van der Waals surface area contributed by atoms with Crippen molar-refractivity contribution in [3.05, 3.63) is 78.9 Å². The van der Waals surface area contributed by atoms with E-state index in [1.165, 1.54) is 0 Å². The summed E-state index contributed by atoms with van der Waals surface area (Å²) in [4.78, 5) is 9.06. The first-order valence-corrected chi connectivity index (χ1v) is 7.85. The van der Waals surface area contributed by atoms with Crippen molar-refractivity contribution in [2.45, 2.75) is 0 Å². The summed E-state index contributed by atoms with van der Waals surface area (Å²) in [6.45, 7) is 4.31. The summed E-state index contributed by atoms with van der Waals surface area (Å²) in [5.74, 6) is 1.11. The average Bonchev–Trinajstić information content (AvgIpc) is 2.67. The maximum Gasteiger partial charge on any atom is 0.229 e. The van der Waals surface area contributed by atoms with Gasteiger partial charge in [-0.05, 0) is 12.1 Å². The molecule has 25 heavy (non-hydrogen) atoms. The second kappa shape index (κ2) is 7.75. The van der Waals surface area contributed by atoms with Crippen LogP contribution in [0.15, 0.2) is 73.3 Å². The second-order valence-corrected chi connectivity index (χ2v) is 5.28. The van der Waals surface area contributed by atoms with Crippen LogP contribution in [0, 0.1) is 11.3 Å². The third-order valence-electron chi connectivity index (χ3n) is 3.52. The van der Waals surface area contributed by atoms with Gasteiger partial charge in [-0.1, -0.05) is 48.5 Å². The molecule has 0 aliphatic heterocycles. The van der Waals surface area contributed by atoms with Crippen molar-refractivity contribution in [1.82, 2.24) is 9.97 Å². The topological polar surface area (TPSA) is 73.6 Å². The Bertz CT molecular complexity index is 913. The number of nitriles is 1. The first-order chi connectivity index (χ1) is 12.3. The van der Waals surface area contributed by atoms with Crippen LogP contribution in [-0.2, 0) is 0 Å². The van der Waals surface area contributed by atoms with Crippen molar-refractivity contribution in [2.24, 2.45) is 0 Å². The summed E-state index contributed by atoms with van der Waals surface area (Å²) in [7, 11) is 0. The van der Waals surface area contributed by atoms with Crippen LogP contribution < -0.4 is 10.6 Å². The highest BCUT2D eigenvalue weighted by Gasteiger charge is 2.08. The summed E-state index contributed by atoms with van der Waals surface area (Å²) in [6.07, 6.45) is 1.77. The highest BCUT2D eigenvalue weighted by Crippen LogP contribution is 2.24. The van der Waals surface area contributed by atoms with Gasteiger partial charge in [0.2, 0.25) is 5.95 Å². The number of hydrogen-bond donors (Lipinski definition) is 2. The van der Waals surface area contributed by atoms with E-state index < -0.39 is 0 Å². The Morgan fingerprint density at radius 2 is 1.80 bits per heavy atom. The molecule has 5 heteroatoms. The molecule has 122 valence electrons. The molecule has 3 rings (SSSR count). The number of benzene rings is 2. The molecule has 0 spiro atoms. The fourth-order valence-corrected chi connectivity index (χ4v) is 2.34. The summed E-state index contributed by atoms with van der Waals surface area (Å²) in [6, 6.07) is 21.2. The lowest BCUT2D eigenvalue weighted by Gasteiger charge is -2.11. The lowest BCUT2D eigenvalue weighted by Crippen LogP contribution is -2.05. The number of rotatable bonds is 6. The van der Waals surface area contributed by atoms with Crippen molar-refractivity contribution in [1.29, 1.82) is 5.26 Å². The first-order valence-electron chi connectivity index (χ1n) is 7.85. The van der Waals surface area contributed by atoms with Gasteiger partial charge >= 0.3 is 0 Å². The molecule has 0 saturated carbocycles. The molecule has 0 aliphatic rings. The van der Waals surface area contributed by atoms with Crippen molar-refractivity contribution in [3.8, 4) is 17.3 Å². The number of hydrogen-bond acceptors (Lipinski definition) is 5. The monoisotopic (exact) mass is 327 g/mol. The second-order valence-electron chi connectivity index (χ2n) is 5.28. The Balaban J connectivity index is 2.00. The molecule has 0 atom stereocenters. The predicted octanol–water partition coefficient (Wildman–Crippen LogP) is 4.36. The molecular formula is C20H17N5. The maximum absolute atomic E-state index is 9.25. The fraction of sp³-hybridized carbons (Fsp3) is 0.0500. The highest BCUT2D eigenvalue weighted by atomic mass is 15.1. The van der Waals surface area contributed by atoms with Gasteiger partial charge in [0.1, 0.15) is 11.9 Å². The average molecular weight is 327 g/mol. The van der Waals surface area contributed by atoms with Crippen LogP contribution in [-0.4, -0.2) is 16.5 Å². The Hall–Kier alpha value is -3.65. The maximum atomic E-state index is 9.25. The molecule has 1 heterocycles. The lowest BCUT2D eigenvalue weighted by atomic mass is 10.1. The van der Waals surface area contributed by atoms with Gasteiger partial charge in [-0.15, -0.1) is 6.58 Å². The molecule has 0 amide bonds. The molecule has 3 aromatic rings. The Labute approximate surface area is 146 Å². The van der Waals surface area contributed by atoms with Gasteiger partial charge in [0.15, 0.2) is 0 Å². The minimum Gasteiger partial charge on any atom is -0.366 e. The molecule has 5 nitrogen and oxygen atoms in total. The number of anilines is 3. The number of nitrogens with one attached hydrogen (secondary N) is 2. The van der Waals surface area contributed by atoms with Crippen LogP contribution in [0.1, 0.15) is 5.56 Å². The van der Waals surface area contributed by atoms with Crippen molar-refractivity contribution in [3.63, 3.8) is 0 Å². The van der Waals surface area contributed by atoms with E-state index in [0.29, 0.717) is 29.6 Å². The third-order valence-corrected chi connectivity index (χ3v) is 3.52. The van der Waals surface area contributed by atoms with Gasteiger partial charge in [0.05, 0.1) is 16.9 Å². The minimum absolute atomic E-state index is 0.426. The summed E-state index contributed by atoms with van der Waals surface area (Å²) in [5.41, 5.74) is 2.99. The molecule has 2 N–H and O–H groups in total. The number of nitrogens with zero attached hydrogens (tertiary/aromatic N) is 3. The zero-order chi connectivity index (χ0) is 17.5. The normalized spacial score (nSPS) is 9.88. The van der Waals surface area contributed by atoms with E-state index in [1.807, 2.05) is 54.6 Å². The largest absolute Gasteiger partial charge is 0.366 e. The minimum atomic E-state index is 0.426. The van der Waals surface area contributed by atoms with Gasteiger partial charge in [-0.3, -0.25) is 0 Å². The zero-order valence-corrected chi connectivity index (χ0v) is 13.6. The van der Waals surface area contributed by atoms with E-state index in [9.17, 15) is 5.26 Å². The number of para-hydroxylation sites is 1. The Morgan fingerprint density at radius 3 is 2.56 bits per heavy atom. The molecule has 0 fully saturated rings. The van der Waals surface area contributed by atoms with Crippen LogP contribution in [0.25, 0.3) is 11.3 Å². The molecular weight excluding hydrogens is 310 g/mol. The molecule has 0 bridgehead atoms. The highest BCUT2D eigenvalue weighted by molar-refractivity contribution is 5.68. The van der Waals surface area contributed by atoms with Crippen molar-refractivity contribution in [2.75, 3.05) is 17.2 Å². The van der Waals surface area contributed by atoms with Crippen LogP contribution in [0.3, 0.4) is 0 Å². The lowest BCUT2D eigenvalue weighted by molar-refractivity contribution is 1.14. The summed E-state index contributed by atoms with van der Waals surface area (Å²) in [5, 5.41) is 15.6. The van der Waals surface area contributed by atoms with E-state index in [0.717, 1.165) is 11.3 Å². The van der Waals surface area contributed by atoms with Gasteiger partial charge in [-0.25, -0.2) is 4.98 Å². The van der Waals surface area contributed by atoms with E-state index in [-0.39, 0.29) is 0 Å². The van der Waals surface area contributed by atoms with Crippen molar-refractivity contribution >= 4 is 17.5 Å². The Morgan fingerprint density at radius 1 is 1.04 bits per heavy atom. The van der Waals surface area contributed by atoms with E-state index in [2.05, 4.69) is 33.2 Å². The summed E-state index contributed by atoms with van der Waals surface area (Å²) >= 11 is 0. The van der Waals surface area contributed by atoms with Gasteiger partial charge in [-0.2, -0.15) is 10.2 Å². The van der Waals surface area contributed by atoms with Crippen LogP contribution in [0.2, 0.25) is 0 Å². The van der Waals surface area contributed by atoms with Gasteiger partial charge in [0, 0.05) is 18.2 Å². The van der Waals surface area contributed by atoms with Crippen LogP contribution >= 0.6 is 0 Å². The van der Waals surface area contributed by atoms with E-state index >= 15 is 0 Å². The molecule has 2 aromatic carbocycles. The molecule has 1 aromatic heterocycles. The summed E-state index contributed by atoms with van der Waals surface area (Å²) < 4.78 is 0. The van der Waals surface area contributed by atoms with Gasteiger partial charge in [0.25, 0.3) is 0 Å². The number of aromatic nitrogens is 2.